The van der Waals surface area contributed by atoms with E-state index in [0.717, 1.165) is 0 Å². The lowest BCUT2D eigenvalue weighted by atomic mass is 10.1. The van der Waals surface area contributed by atoms with Gasteiger partial charge in [-0.2, -0.15) is 0 Å². The molecule has 1 aromatic rings. The third-order valence-corrected chi connectivity index (χ3v) is 3.45. The van der Waals surface area contributed by atoms with Gasteiger partial charge < -0.3 is 23.7 Å². The smallest absolute Gasteiger partial charge is 0.348 e. The van der Waals surface area contributed by atoms with E-state index in [9.17, 15) is 14.4 Å². The minimum Gasteiger partial charge on any atom is -0.493 e. The molecular formula is C18H20O8. The number of benzene rings is 1. The van der Waals surface area contributed by atoms with Crippen LogP contribution < -0.4 is 9.47 Å². The zero-order valence-corrected chi connectivity index (χ0v) is 15.2. The van der Waals surface area contributed by atoms with Crippen molar-refractivity contribution in [2.75, 3.05) is 14.2 Å². The monoisotopic (exact) mass is 364 g/mol. The molecule has 0 saturated carbocycles. The van der Waals surface area contributed by atoms with Crippen molar-refractivity contribution in [3.63, 3.8) is 0 Å². The van der Waals surface area contributed by atoms with E-state index in [-0.39, 0.29) is 5.57 Å². The molecule has 1 saturated heterocycles. The molecule has 1 heterocycles. The molecule has 1 atom stereocenters. The average molecular weight is 364 g/mol. The van der Waals surface area contributed by atoms with Gasteiger partial charge >= 0.3 is 17.9 Å². The molecular weight excluding hydrogens is 344 g/mol. The van der Waals surface area contributed by atoms with Crippen molar-refractivity contribution in [3.8, 4) is 11.5 Å². The van der Waals surface area contributed by atoms with E-state index in [0.29, 0.717) is 17.1 Å². The highest BCUT2D eigenvalue weighted by Gasteiger charge is 2.38. The molecule has 1 fully saturated rings. The molecule has 0 spiro atoms. The maximum Gasteiger partial charge on any atom is 0.348 e. The van der Waals surface area contributed by atoms with Crippen molar-refractivity contribution in [1.29, 1.82) is 0 Å². The second kappa shape index (κ2) is 7.47. The van der Waals surface area contributed by atoms with E-state index in [2.05, 4.69) is 4.74 Å². The Kier molecular flexibility index (Phi) is 5.54. The number of hydrogen-bond donors (Lipinski definition) is 0. The number of methoxy groups -OCH3 is 2. The minimum absolute atomic E-state index is 0.233. The second-order valence-electron chi connectivity index (χ2n) is 5.93. The van der Waals surface area contributed by atoms with Crippen LogP contribution in [0, 0.1) is 0 Å². The van der Waals surface area contributed by atoms with Crippen LogP contribution in [0.1, 0.15) is 26.3 Å². The highest BCUT2D eigenvalue weighted by molar-refractivity contribution is 6.18. The Morgan fingerprint density at radius 3 is 2.27 bits per heavy atom. The van der Waals surface area contributed by atoms with E-state index in [1.807, 2.05) is 0 Å². The topological polar surface area (TPSA) is 97.4 Å². The third kappa shape index (κ3) is 4.33. The highest BCUT2D eigenvalue weighted by atomic mass is 16.7. The number of carbonyl (C=O) groups excluding carboxylic acids is 3. The van der Waals surface area contributed by atoms with Crippen molar-refractivity contribution in [3.05, 3.63) is 29.3 Å². The summed E-state index contributed by atoms with van der Waals surface area (Å²) >= 11 is 0. The first-order valence-corrected chi connectivity index (χ1v) is 7.77. The van der Waals surface area contributed by atoms with Gasteiger partial charge in [0.15, 0.2) is 17.6 Å². The van der Waals surface area contributed by atoms with Gasteiger partial charge in [-0.15, -0.1) is 0 Å². The molecule has 26 heavy (non-hydrogen) atoms. The number of rotatable bonds is 5. The van der Waals surface area contributed by atoms with Gasteiger partial charge in [0.1, 0.15) is 5.57 Å². The number of esters is 3. The van der Waals surface area contributed by atoms with Crippen molar-refractivity contribution in [1.82, 2.24) is 0 Å². The van der Waals surface area contributed by atoms with E-state index in [1.165, 1.54) is 41.1 Å². The van der Waals surface area contributed by atoms with Crippen LogP contribution in [0.2, 0.25) is 0 Å². The third-order valence-electron chi connectivity index (χ3n) is 3.45. The van der Waals surface area contributed by atoms with Gasteiger partial charge in [0, 0.05) is 13.8 Å². The first-order valence-electron chi connectivity index (χ1n) is 7.77. The number of cyclic esters (lactones) is 2. The zero-order valence-electron chi connectivity index (χ0n) is 15.2. The summed E-state index contributed by atoms with van der Waals surface area (Å²) in [4.78, 5) is 35.5. The molecule has 1 aliphatic heterocycles. The van der Waals surface area contributed by atoms with Crippen LogP contribution in [0.3, 0.4) is 0 Å². The summed E-state index contributed by atoms with van der Waals surface area (Å²) < 4.78 is 25.4. The van der Waals surface area contributed by atoms with Crippen LogP contribution >= 0.6 is 0 Å². The van der Waals surface area contributed by atoms with Gasteiger partial charge in [0.2, 0.25) is 0 Å². The Morgan fingerprint density at radius 1 is 1.12 bits per heavy atom. The van der Waals surface area contributed by atoms with Crippen LogP contribution in [0.15, 0.2) is 23.8 Å². The van der Waals surface area contributed by atoms with Crippen LogP contribution in [0.25, 0.3) is 6.08 Å². The lowest BCUT2D eigenvalue weighted by Crippen LogP contribution is -2.41. The van der Waals surface area contributed by atoms with Gasteiger partial charge in [-0.3, -0.25) is 0 Å². The van der Waals surface area contributed by atoms with Gasteiger partial charge in [-0.05, 0) is 30.7 Å². The summed E-state index contributed by atoms with van der Waals surface area (Å²) in [5, 5.41) is 0. The zero-order chi connectivity index (χ0) is 19.5. The second-order valence-corrected chi connectivity index (χ2v) is 5.93. The van der Waals surface area contributed by atoms with Crippen molar-refractivity contribution in [2.24, 2.45) is 0 Å². The summed E-state index contributed by atoms with van der Waals surface area (Å²) in [6.45, 7) is 4.48. The summed E-state index contributed by atoms with van der Waals surface area (Å²) in [6, 6.07) is 4.69. The molecule has 0 aromatic heterocycles. The summed E-state index contributed by atoms with van der Waals surface area (Å²) in [6.07, 6.45) is 0.499. The standard InChI is InChI=1S/C18H20O8/c1-10(15(19)23-5)24-13-7-6-11(9-14(13)22-4)8-12-16(20)25-18(2,3)26-17(12)21/h6-10H,1-5H3. The summed E-state index contributed by atoms with van der Waals surface area (Å²) in [5.74, 6) is -2.76. The minimum atomic E-state index is -1.30. The lowest BCUT2D eigenvalue weighted by Gasteiger charge is -2.29. The van der Waals surface area contributed by atoms with E-state index < -0.39 is 29.8 Å². The molecule has 0 amide bonds. The normalized spacial score (nSPS) is 16.9. The maximum atomic E-state index is 12.0. The Balaban J connectivity index is 2.28. The van der Waals surface area contributed by atoms with E-state index in [4.69, 9.17) is 18.9 Å². The largest absolute Gasteiger partial charge is 0.493 e. The number of ether oxygens (including phenoxy) is 5. The molecule has 1 aromatic carbocycles. The van der Waals surface area contributed by atoms with Crippen molar-refractivity contribution < 1.29 is 38.1 Å². The molecule has 0 aliphatic carbocycles. The SMILES string of the molecule is COC(=O)C(C)Oc1ccc(C=C2C(=O)OC(C)(C)OC2=O)cc1OC. The summed E-state index contributed by atoms with van der Waals surface area (Å²) in [7, 11) is 2.69. The fourth-order valence-electron chi connectivity index (χ4n) is 2.22. The Bertz CT molecular complexity index is 740. The van der Waals surface area contributed by atoms with Gasteiger partial charge in [-0.1, -0.05) is 6.07 Å². The first-order chi connectivity index (χ1) is 12.2. The first kappa shape index (κ1) is 19.3. The summed E-state index contributed by atoms with van der Waals surface area (Å²) in [5.41, 5.74) is 0.256. The fourth-order valence-corrected chi connectivity index (χ4v) is 2.22. The average Bonchev–Trinajstić information content (AvgIpc) is 2.57. The molecule has 8 nitrogen and oxygen atoms in total. The Morgan fingerprint density at radius 2 is 1.73 bits per heavy atom. The molecule has 0 radical (unpaired) electrons. The van der Waals surface area contributed by atoms with Gasteiger partial charge in [0.05, 0.1) is 14.2 Å². The molecule has 2 rings (SSSR count). The van der Waals surface area contributed by atoms with E-state index in [1.54, 1.807) is 18.2 Å². The fraction of sp³-hybridized carbons (Fsp3) is 0.389. The Hall–Kier alpha value is -3.03. The van der Waals surface area contributed by atoms with Crippen LogP contribution in [0.5, 0.6) is 11.5 Å². The molecule has 8 heteroatoms. The Labute approximate surface area is 150 Å². The van der Waals surface area contributed by atoms with Crippen molar-refractivity contribution >= 4 is 24.0 Å². The number of carbonyl (C=O) groups is 3. The molecule has 1 aliphatic rings. The van der Waals surface area contributed by atoms with Crippen LogP contribution in [-0.2, 0) is 28.6 Å². The predicted octanol–water partition coefficient (Wildman–Crippen LogP) is 1.85. The van der Waals surface area contributed by atoms with Crippen molar-refractivity contribution in [2.45, 2.75) is 32.7 Å². The van der Waals surface area contributed by atoms with E-state index >= 15 is 0 Å². The quantitative estimate of drug-likeness (QED) is 0.444. The predicted molar refractivity (Wildman–Crippen MR) is 89.3 cm³/mol. The molecule has 140 valence electrons. The van der Waals surface area contributed by atoms with Gasteiger partial charge in [0.25, 0.3) is 5.79 Å². The lowest BCUT2D eigenvalue weighted by molar-refractivity contribution is -0.222. The highest BCUT2D eigenvalue weighted by Crippen LogP contribution is 2.31. The maximum absolute atomic E-state index is 12.0. The van der Waals surface area contributed by atoms with Crippen LogP contribution in [0.4, 0.5) is 0 Å². The van der Waals surface area contributed by atoms with Gasteiger partial charge in [-0.25, -0.2) is 14.4 Å². The number of hydrogen-bond acceptors (Lipinski definition) is 8. The molecule has 1 unspecified atom stereocenters. The molecule has 0 bridgehead atoms. The molecule has 0 N–H and O–H groups in total. The van der Waals surface area contributed by atoms with Crippen LogP contribution in [-0.4, -0.2) is 44.0 Å².